The van der Waals surface area contributed by atoms with Gasteiger partial charge in [-0.1, -0.05) is 17.7 Å². The average Bonchev–Trinajstić information content (AvgIpc) is 3.35. The number of benzene rings is 1. The Hall–Kier alpha value is -3.39. The summed E-state index contributed by atoms with van der Waals surface area (Å²) in [5.74, 6) is 2.90. The highest BCUT2D eigenvalue weighted by Gasteiger charge is 2.20. The lowest BCUT2D eigenvalue weighted by Crippen LogP contribution is -2.44. The van der Waals surface area contributed by atoms with Crippen LogP contribution in [0.2, 0.25) is 0 Å². The van der Waals surface area contributed by atoms with Crippen LogP contribution < -0.4 is 15.0 Å². The zero-order chi connectivity index (χ0) is 22.2. The van der Waals surface area contributed by atoms with Crippen molar-refractivity contribution in [3.63, 3.8) is 0 Å². The molecule has 8 heteroatoms. The van der Waals surface area contributed by atoms with E-state index in [-0.39, 0.29) is 0 Å². The van der Waals surface area contributed by atoms with Crippen molar-refractivity contribution >= 4 is 23.7 Å². The number of anilines is 3. The molecule has 1 saturated heterocycles. The summed E-state index contributed by atoms with van der Waals surface area (Å²) in [5.41, 5.74) is 5.04. The van der Waals surface area contributed by atoms with Crippen LogP contribution in [0.25, 0.3) is 6.08 Å². The van der Waals surface area contributed by atoms with Crippen molar-refractivity contribution in [3.8, 4) is 11.8 Å². The maximum absolute atomic E-state index is 6.23. The van der Waals surface area contributed by atoms with E-state index in [0.717, 1.165) is 55.5 Å². The van der Waals surface area contributed by atoms with E-state index in [0.29, 0.717) is 17.8 Å². The number of fused-ring (bicyclic) bond motifs is 1. The quantitative estimate of drug-likeness (QED) is 0.638. The first-order valence-corrected chi connectivity index (χ1v) is 10.9. The molecule has 0 atom stereocenters. The van der Waals surface area contributed by atoms with Gasteiger partial charge in [-0.3, -0.25) is 5.32 Å². The summed E-state index contributed by atoms with van der Waals surface area (Å²) in [5, 5.41) is 3.15. The van der Waals surface area contributed by atoms with Gasteiger partial charge in [-0.2, -0.15) is 9.97 Å². The fraction of sp³-hybridized carbons (Fsp3) is 0.375. The molecule has 2 aromatic heterocycles. The summed E-state index contributed by atoms with van der Waals surface area (Å²) in [6.07, 6.45) is 4.90. The van der Waals surface area contributed by atoms with Gasteiger partial charge in [-0.05, 0) is 57.0 Å². The molecule has 0 bridgehead atoms. The highest BCUT2D eigenvalue weighted by molar-refractivity contribution is 5.68. The Morgan fingerprint density at radius 3 is 2.62 bits per heavy atom. The van der Waals surface area contributed by atoms with Crippen LogP contribution in [0.4, 0.5) is 17.7 Å². The number of allylic oxidation sites excluding steroid dienone is 1. The van der Waals surface area contributed by atoms with E-state index in [9.17, 15) is 0 Å². The molecular weight excluding hydrogens is 404 g/mol. The number of hydrogen-bond acceptors (Lipinski definition) is 8. The Bertz CT molecular complexity index is 1180. The minimum Gasteiger partial charge on any atom is -0.429 e. The van der Waals surface area contributed by atoms with Crippen LogP contribution in [-0.2, 0) is 6.42 Å². The predicted molar refractivity (Wildman–Crippen MR) is 125 cm³/mol. The van der Waals surface area contributed by atoms with Gasteiger partial charge in [0.1, 0.15) is 23.1 Å². The average molecular weight is 433 g/mol. The molecule has 1 aliphatic heterocycles. The van der Waals surface area contributed by atoms with Gasteiger partial charge in [-0.25, -0.2) is 4.98 Å². The van der Waals surface area contributed by atoms with Crippen molar-refractivity contribution in [3.05, 3.63) is 52.4 Å². The highest BCUT2D eigenvalue weighted by Crippen LogP contribution is 2.35. The van der Waals surface area contributed by atoms with Gasteiger partial charge in [-0.15, -0.1) is 0 Å². The molecule has 166 valence electrons. The maximum atomic E-state index is 6.23. The van der Waals surface area contributed by atoms with E-state index in [1.54, 1.807) is 6.20 Å². The highest BCUT2D eigenvalue weighted by atomic mass is 16.5. The first-order valence-electron chi connectivity index (χ1n) is 10.9. The second kappa shape index (κ2) is 8.27. The van der Waals surface area contributed by atoms with Crippen LogP contribution in [-0.4, -0.2) is 53.1 Å². The van der Waals surface area contributed by atoms with E-state index in [1.165, 1.54) is 16.7 Å². The monoisotopic (exact) mass is 432 g/mol. The number of rotatable bonds is 5. The first-order chi connectivity index (χ1) is 15.4. The molecular formula is C24H28N6O2. The van der Waals surface area contributed by atoms with E-state index < -0.39 is 0 Å². The number of aromatic nitrogens is 3. The number of ether oxygens (including phenoxy) is 1. The molecule has 1 aromatic carbocycles. The summed E-state index contributed by atoms with van der Waals surface area (Å²) in [4.78, 5) is 18.1. The normalized spacial score (nSPS) is 16.1. The van der Waals surface area contributed by atoms with Crippen molar-refractivity contribution in [1.82, 2.24) is 19.9 Å². The van der Waals surface area contributed by atoms with Gasteiger partial charge in [0.2, 0.25) is 0 Å². The lowest BCUT2D eigenvalue weighted by atomic mass is 10.0. The Morgan fingerprint density at radius 2 is 1.88 bits per heavy atom. The molecule has 0 spiro atoms. The first kappa shape index (κ1) is 20.5. The molecule has 8 nitrogen and oxygen atoms in total. The summed E-state index contributed by atoms with van der Waals surface area (Å²) >= 11 is 0. The van der Waals surface area contributed by atoms with Crippen LogP contribution in [0.5, 0.6) is 11.8 Å². The van der Waals surface area contributed by atoms with E-state index >= 15 is 0 Å². The Kier molecular flexibility index (Phi) is 5.30. The van der Waals surface area contributed by atoms with Crippen LogP contribution in [0.15, 0.2) is 34.4 Å². The third-order valence-electron chi connectivity index (χ3n) is 5.99. The molecule has 0 amide bonds. The lowest BCUT2D eigenvalue weighted by molar-refractivity contribution is 0.311. The molecule has 0 unspecified atom stereocenters. The topological polar surface area (TPSA) is 79.5 Å². The second-order valence-corrected chi connectivity index (χ2v) is 8.62. The van der Waals surface area contributed by atoms with Crippen LogP contribution in [0.1, 0.15) is 29.4 Å². The van der Waals surface area contributed by atoms with Gasteiger partial charge in [0.15, 0.2) is 0 Å². The standard InChI is InChI=1S/C24H28N6O2/c1-15-11-18-5-6-20(17(3)19(18)12-15)32-24-27-21(26-23-25-14-16(2)31-23)13-22(28-24)30-9-7-29(4)8-10-30/h5-6,12-14H,7-11H2,1-4H3,(H,25,26,27,28). The molecule has 2 aliphatic rings. The number of oxazole rings is 1. The number of aryl methyl sites for hydroxylation is 1. The number of nitrogens with zero attached hydrogens (tertiary/aromatic N) is 5. The number of nitrogens with one attached hydrogen (secondary N) is 1. The van der Waals surface area contributed by atoms with Gasteiger partial charge < -0.3 is 19.0 Å². The van der Waals surface area contributed by atoms with Crippen molar-refractivity contribution < 1.29 is 9.15 Å². The third-order valence-corrected chi connectivity index (χ3v) is 5.99. The fourth-order valence-corrected chi connectivity index (χ4v) is 4.17. The Morgan fingerprint density at radius 1 is 1.06 bits per heavy atom. The van der Waals surface area contributed by atoms with Crippen molar-refractivity contribution in [2.45, 2.75) is 27.2 Å². The molecule has 0 radical (unpaired) electrons. The Labute approximate surface area is 187 Å². The summed E-state index contributed by atoms with van der Waals surface area (Å²) < 4.78 is 11.8. The summed E-state index contributed by atoms with van der Waals surface area (Å²) in [7, 11) is 2.14. The maximum Gasteiger partial charge on any atom is 0.325 e. The predicted octanol–water partition coefficient (Wildman–Crippen LogP) is 4.33. The van der Waals surface area contributed by atoms with E-state index in [4.69, 9.17) is 14.1 Å². The number of piperazine rings is 1. The molecule has 1 aliphatic carbocycles. The zero-order valence-corrected chi connectivity index (χ0v) is 19.0. The van der Waals surface area contributed by atoms with Crippen LogP contribution >= 0.6 is 0 Å². The largest absolute Gasteiger partial charge is 0.429 e. The van der Waals surface area contributed by atoms with Crippen LogP contribution in [0, 0.1) is 13.8 Å². The SMILES string of the molecule is CC1=Cc2c(ccc(Oc3nc(Nc4ncc(C)o4)cc(N4CCN(C)CC4)n3)c2C)C1. The molecule has 3 aromatic rings. The third kappa shape index (κ3) is 4.18. The summed E-state index contributed by atoms with van der Waals surface area (Å²) in [6.45, 7) is 9.86. The number of hydrogen-bond donors (Lipinski definition) is 1. The molecule has 5 rings (SSSR count). The smallest absolute Gasteiger partial charge is 0.325 e. The van der Waals surface area contributed by atoms with Gasteiger partial charge >= 0.3 is 6.01 Å². The van der Waals surface area contributed by atoms with Crippen molar-refractivity contribution in [2.24, 2.45) is 0 Å². The molecule has 1 N–H and O–H groups in total. The van der Waals surface area contributed by atoms with E-state index in [1.807, 2.05) is 19.1 Å². The van der Waals surface area contributed by atoms with E-state index in [2.05, 4.69) is 58.1 Å². The zero-order valence-electron chi connectivity index (χ0n) is 19.0. The molecule has 0 saturated carbocycles. The molecule has 32 heavy (non-hydrogen) atoms. The fourth-order valence-electron chi connectivity index (χ4n) is 4.17. The minimum atomic E-state index is 0.300. The van der Waals surface area contributed by atoms with Gasteiger partial charge in [0.25, 0.3) is 6.01 Å². The van der Waals surface area contributed by atoms with Gasteiger partial charge in [0, 0.05) is 32.2 Å². The minimum absolute atomic E-state index is 0.300. The van der Waals surface area contributed by atoms with Crippen LogP contribution in [0.3, 0.4) is 0 Å². The molecule has 3 heterocycles. The van der Waals surface area contributed by atoms with Gasteiger partial charge in [0.05, 0.1) is 6.20 Å². The Balaban J connectivity index is 1.47. The number of likely N-dealkylation sites (N-methyl/N-ethyl adjacent to an activating group) is 1. The van der Waals surface area contributed by atoms with Crippen molar-refractivity contribution in [1.29, 1.82) is 0 Å². The summed E-state index contributed by atoms with van der Waals surface area (Å²) in [6, 6.07) is 6.75. The second-order valence-electron chi connectivity index (χ2n) is 8.62. The van der Waals surface area contributed by atoms with Crippen molar-refractivity contribution in [2.75, 3.05) is 43.4 Å². The lowest BCUT2D eigenvalue weighted by Gasteiger charge is -2.33. The molecule has 1 fully saturated rings.